The molecule has 104 valence electrons. The average Bonchev–Trinajstić information content (AvgIpc) is 2.50. The first-order valence-electron chi connectivity index (χ1n) is 6.34. The molecule has 2 atom stereocenters. The summed E-state index contributed by atoms with van der Waals surface area (Å²) in [6, 6.07) is 6.44. The van der Waals surface area contributed by atoms with Gasteiger partial charge in [0.15, 0.2) is 0 Å². The first kappa shape index (κ1) is 13.1. The Balaban J connectivity index is 2.25. The van der Waals surface area contributed by atoms with Gasteiger partial charge in [-0.3, -0.25) is 14.8 Å². The SMILES string of the molecule is CC(=O)O[C@@H]1c2cccnc2-c2ncccc2[C@H]1N=[N+]=[N-]. The molecule has 0 aromatic carbocycles. The lowest BCUT2D eigenvalue weighted by Crippen LogP contribution is -2.22. The third kappa shape index (κ3) is 2.19. The van der Waals surface area contributed by atoms with Crippen LogP contribution >= 0.6 is 0 Å². The molecule has 3 rings (SSSR count). The molecule has 0 radical (unpaired) electrons. The van der Waals surface area contributed by atoms with E-state index in [4.69, 9.17) is 10.3 Å². The van der Waals surface area contributed by atoms with Gasteiger partial charge in [0, 0.05) is 29.8 Å². The second kappa shape index (κ2) is 5.22. The molecule has 2 aromatic rings. The van der Waals surface area contributed by atoms with Crippen molar-refractivity contribution in [2.45, 2.75) is 19.1 Å². The monoisotopic (exact) mass is 281 g/mol. The molecular weight excluding hydrogens is 270 g/mol. The van der Waals surface area contributed by atoms with E-state index >= 15 is 0 Å². The minimum Gasteiger partial charge on any atom is -0.457 e. The molecule has 21 heavy (non-hydrogen) atoms. The number of hydrogen-bond acceptors (Lipinski definition) is 5. The number of esters is 1. The summed E-state index contributed by atoms with van der Waals surface area (Å²) in [6.07, 6.45) is 2.60. The summed E-state index contributed by atoms with van der Waals surface area (Å²) in [6.45, 7) is 1.32. The highest BCUT2D eigenvalue weighted by atomic mass is 16.5. The normalized spacial score (nSPS) is 18.9. The van der Waals surface area contributed by atoms with E-state index in [0.29, 0.717) is 22.5 Å². The van der Waals surface area contributed by atoms with Gasteiger partial charge in [-0.15, -0.1) is 0 Å². The Morgan fingerprint density at radius 2 is 1.86 bits per heavy atom. The number of fused-ring (bicyclic) bond motifs is 3. The van der Waals surface area contributed by atoms with Crippen LogP contribution in [0.1, 0.15) is 30.2 Å². The molecule has 0 aliphatic heterocycles. The summed E-state index contributed by atoms with van der Waals surface area (Å²) < 4.78 is 5.37. The number of carbonyl (C=O) groups is 1. The number of aromatic nitrogens is 2. The molecule has 7 heteroatoms. The molecule has 0 saturated heterocycles. The Bertz CT molecular complexity index is 755. The van der Waals surface area contributed by atoms with Crippen LogP contribution in [0.4, 0.5) is 0 Å². The van der Waals surface area contributed by atoms with E-state index in [-0.39, 0.29) is 0 Å². The summed E-state index contributed by atoms with van der Waals surface area (Å²) in [4.78, 5) is 22.9. The van der Waals surface area contributed by atoms with Crippen LogP contribution in [0.5, 0.6) is 0 Å². The largest absolute Gasteiger partial charge is 0.457 e. The van der Waals surface area contributed by atoms with E-state index in [2.05, 4.69) is 20.0 Å². The molecule has 0 saturated carbocycles. The number of nitrogens with zero attached hydrogens (tertiary/aromatic N) is 5. The highest BCUT2D eigenvalue weighted by Gasteiger charge is 2.36. The number of pyridine rings is 2. The van der Waals surface area contributed by atoms with Crippen LogP contribution in [0.25, 0.3) is 21.8 Å². The first-order chi connectivity index (χ1) is 10.2. The molecular formula is C14H11N5O2. The molecule has 0 spiro atoms. The topological polar surface area (TPSA) is 101 Å². The van der Waals surface area contributed by atoms with Crippen molar-refractivity contribution in [2.75, 3.05) is 0 Å². The fraction of sp³-hybridized carbons (Fsp3) is 0.214. The van der Waals surface area contributed by atoms with Crippen molar-refractivity contribution in [2.24, 2.45) is 5.11 Å². The highest BCUT2D eigenvalue weighted by Crippen LogP contribution is 2.46. The van der Waals surface area contributed by atoms with Crippen LogP contribution in [0, 0.1) is 0 Å². The molecule has 2 heterocycles. The van der Waals surface area contributed by atoms with Gasteiger partial charge in [0.25, 0.3) is 0 Å². The van der Waals surface area contributed by atoms with Crippen molar-refractivity contribution in [1.29, 1.82) is 0 Å². The standard InChI is InChI=1S/C14H11N5O2/c1-8(20)21-14-10-5-3-7-17-12(10)11-9(4-2-6-16-11)13(14)18-19-15/h2-7,13-14H,1H3/t13-,14-/m1/s1. The Morgan fingerprint density at radius 1 is 1.24 bits per heavy atom. The molecule has 0 bridgehead atoms. The molecule has 0 N–H and O–H groups in total. The predicted molar refractivity (Wildman–Crippen MR) is 73.9 cm³/mol. The van der Waals surface area contributed by atoms with E-state index in [1.165, 1.54) is 6.92 Å². The zero-order valence-corrected chi connectivity index (χ0v) is 11.2. The molecule has 1 aliphatic rings. The molecule has 7 nitrogen and oxygen atoms in total. The fourth-order valence-corrected chi connectivity index (χ4v) is 2.52. The highest BCUT2D eigenvalue weighted by molar-refractivity contribution is 5.70. The molecule has 0 unspecified atom stereocenters. The zero-order chi connectivity index (χ0) is 14.8. The minimum atomic E-state index is -0.696. The van der Waals surface area contributed by atoms with Gasteiger partial charge in [-0.25, -0.2) is 0 Å². The van der Waals surface area contributed by atoms with Gasteiger partial charge in [-0.2, -0.15) is 0 Å². The van der Waals surface area contributed by atoms with Crippen LogP contribution in [0.2, 0.25) is 0 Å². The van der Waals surface area contributed by atoms with Crippen LogP contribution in [-0.2, 0) is 9.53 Å². The third-order valence-corrected chi connectivity index (χ3v) is 3.28. The van der Waals surface area contributed by atoms with Crippen molar-refractivity contribution >= 4 is 5.97 Å². The Hall–Kier alpha value is -2.92. The van der Waals surface area contributed by atoms with Gasteiger partial charge in [0.05, 0.1) is 11.4 Å². The van der Waals surface area contributed by atoms with Crippen molar-refractivity contribution < 1.29 is 9.53 Å². The van der Waals surface area contributed by atoms with Gasteiger partial charge < -0.3 is 4.74 Å². The summed E-state index contributed by atoms with van der Waals surface area (Å²) >= 11 is 0. The number of carbonyl (C=O) groups excluding carboxylic acids is 1. The van der Waals surface area contributed by atoms with E-state index in [0.717, 1.165) is 0 Å². The van der Waals surface area contributed by atoms with E-state index in [1.807, 2.05) is 0 Å². The lowest BCUT2D eigenvalue weighted by Gasteiger charge is -2.30. The second-order valence-electron chi connectivity index (χ2n) is 4.56. The quantitative estimate of drug-likeness (QED) is 0.365. The molecule has 1 aliphatic carbocycles. The maximum absolute atomic E-state index is 11.4. The Kier molecular flexibility index (Phi) is 3.25. The van der Waals surface area contributed by atoms with Crippen LogP contribution in [-0.4, -0.2) is 15.9 Å². The van der Waals surface area contributed by atoms with Gasteiger partial charge in [0.1, 0.15) is 12.1 Å². The summed E-state index contributed by atoms with van der Waals surface area (Å²) in [5.41, 5.74) is 11.5. The maximum Gasteiger partial charge on any atom is 0.303 e. The van der Waals surface area contributed by atoms with Crippen LogP contribution in [0.15, 0.2) is 41.8 Å². The first-order valence-corrected chi connectivity index (χ1v) is 6.34. The summed E-state index contributed by atoms with van der Waals surface area (Å²) in [7, 11) is 0. The van der Waals surface area contributed by atoms with Crippen LogP contribution < -0.4 is 0 Å². The van der Waals surface area contributed by atoms with E-state index < -0.39 is 18.1 Å². The molecule has 0 fully saturated rings. The fourth-order valence-electron chi connectivity index (χ4n) is 2.52. The van der Waals surface area contributed by atoms with Crippen LogP contribution in [0.3, 0.4) is 0 Å². The smallest absolute Gasteiger partial charge is 0.303 e. The lowest BCUT2D eigenvalue weighted by atomic mass is 9.86. The average molecular weight is 281 g/mol. The maximum atomic E-state index is 11.4. The van der Waals surface area contributed by atoms with Gasteiger partial charge >= 0.3 is 5.97 Å². The third-order valence-electron chi connectivity index (χ3n) is 3.28. The Morgan fingerprint density at radius 3 is 2.48 bits per heavy atom. The molecule has 0 amide bonds. The lowest BCUT2D eigenvalue weighted by molar-refractivity contribution is -0.148. The summed E-state index contributed by atoms with van der Waals surface area (Å²) in [5.74, 6) is -0.444. The van der Waals surface area contributed by atoms with Gasteiger partial charge in [-0.05, 0) is 23.2 Å². The number of ether oxygens (including phenoxy) is 1. The predicted octanol–water partition coefficient (Wildman–Crippen LogP) is 3.11. The zero-order valence-electron chi connectivity index (χ0n) is 11.2. The van der Waals surface area contributed by atoms with E-state index in [1.54, 1.807) is 36.7 Å². The Labute approximate surface area is 120 Å². The number of rotatable bonds is 2. The van der Waals surface area contributed by atoms with Crippen molar-refractivity contribution in [3.63, 3.8) is 0 Å². The summed E-state index contributed by atoms with van der Waals surface area (Å²) in [5, 5.41) is 3.79. The van der Waals surface area contributed by atoms with Crippen molar-refractivity contribution in [1.82, 2.24) is 9.97 Å². The van der Waals surface area contributed by atoms with Crippen molar-refractivity contribution in [3.8, 4) is 11.4 Å². The van der Waals surface area contributed by atoms with Gasteiger partial charge in [-0.1, -0.05) is 17.2 Å². The van der Waals surface area contributed by atoms with Crippen molar-refractivity contribution in [3.05, 3.63) is 58.2 Å². The number of azide groups is 1. The number of hydrogen-bond donors (Lipinski definition) is 0. The molecule has 2 aromatic heterocycles. The second-order valence-corrected chi connectivity index (χ2v) is 4.56. The van der Waals surface area contributed by atoms with E-state index in [9.17, 15) is 4.79 Å². The van der Waals surface area contributed by atoms with Gasteiger partial charge in [0.2, 0.25) is 0 Å². The minimum absolute atomic E-state index is 0.444.